The van der Waals surface area contributed by atoms with E-state index in [0.717, 1.165) is 5.16 Å². The van der Waals surface area contributed by atoms with Crippen LogP contribution in [-0.4, -0.2) is 25.0 Å². The molecular weight excluding hydrogens is 290 g/mol. The zero-order chi connectivity index (χ0) is 14.7. The standard InChI is InChI=1S/C13H13N5O2S/c1-3-6-18-12(10-5-4-7-19-10)16-17-13(18)21-8-11-15-14-9(2)20-11/h3-5,7H,1,6,8H2,2H3. The number of furan rings is 1. The molecule has 3 rings (SSSR count). The van der Waals surface area contributed by atoms with Crippen LogP contribution in [0.25, 0.3) is 11.6 Å². The Morgan fingerprint density at radius 1 is 1.33 bits per heavy atom. The molecule has 0 N–H and O–H groups in total. The second kappa shape index (κ2) is 5.96. The topological polar surface area (TPSA) is 82.8 Å². The van der Waals surface area contributed by atoms with Crippen molar-refractivity contribution in [2.24, 2.45) is 0 Å². The predicted molar refractivity (Wildman–Crippen MR) is 76.5 cm³/mol. The Morgan fingerprint density at radius 2 is 2.24 bits per heavy atom. The Hall–Kier alpha value is -2.35. The quantitative estimate of drug-likeness (QED) is 0.511. The van der Waals surface area contributed by atoms with Gasteiger partial charge in [0.15, 0.2) is 10.9 Å². The van der Waals surface area contributed by atoms with Crippen LogP contribution >= 0.6 is 11.8 Å². The van der Waals surface area contributed by atoms with Gasteiger partial charge in [-0.05, 0) is 12.1 Å². The van der Waals surface area contributed by atoms with Crippen LogP contribution in [0.4, 0.5) is 0 Å². The lowest BCUT2D eigenvalue weighted by atomic mass is 10.4. The highest BCUT2D eigenvalue weighted by Gasteiger charge is 2.16. The van der Waals surface area contributed by atoms with Crippen molar-refractivity contribution in [2.75, 3.05) is 0 Å². The first-order chi connectivity index (χ1) is 10.3. The molecule has 0 atom stereocenters. The highest BCUT2D eigenvalue weighted by Crippen LogP contribution is 2.26. The zero-order valence-electron chi connectivity index (χ0n) is 11.4. The third-order valence-corrected chi connectivity index (χ3v) is 3.61. The number of allylic oxidation sites excluding steroid dienone is 1. The number of hydrogen-bond acceptors (Lipinski definition) is 7. The predicted octanol–water partition coefficient (Wildman–Crippen LogP) is 2.71. The molecule has 0 saturated heterocycles. The first-order valence-electron chi connectivity index (χ1n) is 6.27. The van der Waals surface area contributed by atoms with Gasteiger partial charge in [-0.3, -0.25) is 4.57 Å². The van der Waals surface area contributed by atoms with E-state index < -0.39 is 0 Å². The summed E-state index contributed by atoms with van der Waals surface area (Å²) < 4.78 is 12.7. The van der Waals surface area contributed by atoms with Gasteiger partial charge in [-0.25, -0.2) is 0 Å². The Labute approximate surface area is 125 Å². The van der Waals surface area contributed by atoms with E-state index in [4.69, 9.17) is 8.83 Å². The maximum Gasteiger partial charge on any atom is 0.226 e. The van der Waals surface area contributed by atoms with Gasteiger partial charge >= 0.3 is 0 Å². The van der Waals surface area contributed by atoms with Gasteiger partial charge in [0.25, 0.3) is 0 Å². The highest BCUT2D eigenvalue weighted by molar-refractivity contribution is 7.98. The van der Waals surface area contributed by atoms with Crippen LogP contribution in [0.2, 0.25) is 0 Å². The summed E-state index contributed by atoms with van der Waals surface area (Å²) in [4.78, 5) is 0. The molecule has 8 heteroatoms. The van der Waals surface area contributed by atoms with Gasteiger partial charge in [-0.15, -0.1) is 27.0 Å². The molecule has 0 aliphatic carbocycles. The molecule has 0 bridgehead atoms. The van der Waals surface area contributed by atoms with Crippen LogP contribution in [0, 0.1) is 6.92 Å². The number of aromatic nitrogens is 5. The number of aryl methyl sites for hydroxylation is 1. The molecule has 21 heavy (non-hydrogen) atoms. The highest BCUT2D eigenvalue weighted by atomic mass is 32.2. The maximum absolute atomic E-state index is 5.38. The van der Waals surface area contributed by atoms with Crippen molar-refractivity contribution >= 4 is 11.8 Å². The lowest BCUT2D eigenvalue weighted by Crippen LogP contribution is -2.00. The molecule has 7 nitrogen and oxygen atoms in total. The molecule has 0 aliphatic rings. The second-order valence-corrected chi connectivity index (χ2v) is 5.13. The second-order valence-electron chi connectivity index (χ2n) is 4.19. The van der Waals surface area contributed by atoms with Crippen molar-refractivity contribution in [1.82, 2.24) is 25.0 Å². The van der Waals surface area contributed by atoms with E-state index in [1.165, 1.54) is 11.8 Å². The van der Waals surface area contributed by atoms with E-state index in [-0.39, 0.29) is 0 Å². The summed E-state index contributed by atoms with van der Waals surface area (Å²) in [5.41, 5.74) is 0. The van der Waals surface area contributed by atoms with Crippen molar-refractivity contribution in [3.63, 3.8) is 0 Å². The summed E-state index contributed by atoms with van der Waals surface area (Å²) in [6.45, 7) is 6.12. The minimum absolute atomic E-state index is 0.536. The Morgan fingerprint density at radius 3 is 2.90 bits per heavy atom. The van der Waals surface area contributed by atoms with Crippen LogP contribution in [0.5, 0.6) is 0 Å². The molecule has 0 saturated carbocycles. The fourth-order valence-electron chi connectivity index (χ4n) is 1.80. The molecule has 0 amide bonds. The van der Waals surface area contributed by atoms with Gasteiger partial charge in [-0.2, -0.15) is 0 Å². The molecule has 0 spiro atoms. The normalized spacial score (nSPS) is 10.9. The third kappa shape index (κ3) is 2.89. The van der Waals surface area contributed by atoms with Gasteiger partial charge < -0.3 is 8.83 Å². The lowest BCUT2D eigenvalue weighted by Gasteiger charge is -2.04. The molecule has 0 unspecified atom stereocenters. The van der Waals surface area contributed by atoms with Gasteiger partial charge in [-0.1, -0.05) is 17.8 Å². The minimum Gasteiger partial charge on any atom is -0.461 e. The molecule has 0 aliphatic heterocycles. The SMILES string of the molecule is C=CCn1c(SCc2nnc(C)o2)nnc1-c1ccco1. The average Bonchev–Trinajstić information content (AvgIpc) is 3.18. The summed E-state index contributed by atoms with van der Waals surface area (Å²) in [6.07, 6.45) is 3.40. The molecule has 108 valence electrons. The maximum atomic E-state index is 5.38. The molecule has 3 aromatic rings. The van der Waals surface area contributed by atoms with Gasteiger partial charge in [0, 0.05) is 13.5 Å². The zero-order valence-corrected chi connectivity index (χ0v) is 12.2. The van der Waals surface area contributed by atoms with Crippen molar-refractivity contribution in [1.29, 1.82) is 0 Å². The molecule has 3 heterocycles. The van der Waals surface area contributed by atoms with Crippen molar-refractivity contribution in [2.45, 2.75) is 24.4 Å². The average molecular weight is 303 g/mol. The van der Waals surface area contributed by atoms with E-state index >= 15 is 0 Å². The number of thioether (sulfide) groups is 1. The monoisotopic (exact) mass is 303 g/mol. The van der Waals surface area contributed by atoms with Crippen LogP contribution in [-0.2, 0) is 12.3 Å². The van der Waals surface area contributed by atoms with Crippen LogP contribution in [0.3, 0.4) is 0 Å². The lowest BCUT2D eigenvalue weighted by molar-refractivity contribution is 0.485. The van der Waals surface area contributed by atoms with E-state index in [1.807, 2.05) is 16.7 Å². The van der Waals surface area contributed by atoms with Gasteiger partial charge in [0.1, 0.15) is 0 Å². The Balaban J connectivity index is 1.83. The summed E-state index contributed by atoms with van der Waals surface area (Å²) in [5, 5.41) is 16.9. The molecular formula is C13H13N5O2S. The smallest absolute Gasteiger partial charge is 0.226 e. The van der Waals surface area contributed by atoms with Crippen LogP contribution in [0.1, 0.15) is 11.8 Å². The summed E-state index contributed by atoms with van der Waals surface area (Å²) in [7, 11) is 0. The third-order valence-electron chi connectivity index (χ3n) is 2.66. The van der Waals surface area contributed by atoms with Crippen molar-refractivity contribution in [3.8, 4) is 11.6 Å². The van der Waals surface area contributed by atoms with Crippen molar-refractivity contribution in [3.05, 3.63) is 42.8 Å². The number of nitrogens with zero attached hydrogens (tertiary/aromatic N) is 5. The first-order valence-corrected chi connectivity index (χ1v) is 7.26. The number of hydrogen-bond donors (Lipinski definition) is 0. The van der Waals surface area contributed by atoms with Crippen LogP contribution < -0.4 is 0 Å². The van der Waals surface area contributed by atoms with Gasteiger partial charge in [0.05, 0.1) is 12.0 Å². The molecule has 0 fully saturated rings. The Bertz CT molecular complexity index is 732. The van der Waals surface area contributed by atoms with Crippen molar-refractivity contribution < 1.29 is 8.83 Å². The van der Waals surface area contributed by atoms with E-state index in [9.17, 15) is 0 Å². The molecule has 0 aromatic carbocycles. The summed E-state index contributed by atoms with van der Waals surface area (Å²) in [6, 6.07) is 3.66. The largest absolute Gasteiger partial charge is 0.461 e. The molecule has 3 aromatic heterocycles. The number of rotatable bonds is 6. The minimum atomic E-state index is 0.536. The summed E-state index contributed by atoms with van der Waals surface area (Å²) in [5.74, 6) is 2.99. The molecule has 0 radical (unpaired) electrons. The van der Waals surface area contributed by atoms with E-state index in [1.54, 1.807) is 19.3 Å². The Kier molecular flexibility index (Phi) is 3.87. The fourth-order valence-corrected chi connectivity index (χ4v) is 2.58. The first kappa shape index (κ1) is 13.6. The van der Waals surface area contributed by atoms with E-state index in [0.29, 0.717) is 35.7 Å². The van der Waals surface area contributed by atoms with E-state index in [2.05, 4.69) is 27.0 Å². The fraction of sp³-hybridized carbons (Fsp3) is 0.231. The van der Waals surface area contributed by atoms with Crippen LogP contribution in [0.15, 0.2) is 45.0 Å². The summed E-state index contributed by atoms with van der Waals surface area (Å²) >= 11 is 1.48. The van der Waals surface area contributed by atoms with Gasteiger partial charge in [0.2, 0.25) is 17.6 Å².